The molecule has 1 aliphatic heterocycles. The molecule has 0 radical (unpaired) electrons. The van der Waals surface area contributed by atoms with Gasteiger partial charge in [-0.3, -0.25) is 14.5 Å². The van der Waals surface area contributed by atoms with Crippen LogP contribution in [0.1, 0.15) is 10.4 Å². The van der Waals surface area contributed by atoms with Crippen LogP contribution in [0.4, 0.5) is 0 Å². The van der Waals surface area contributed by atoms with Crippen molar-refractivity contribution in [2.45, 2.75) is 0 Å². The first-order valence-electron chi connectivity index (χ1n) is 6.18. The van der Waals surface area contributed by atoms with Crippen molar-refractivity contribution in [1.29, 1.82) is 0 Å². The second kappa shape index (κ2) is 6.76. The molecule has 20 heavy (non-hydrogen) atoms. The van der Waals surface area contributed by atoms with E-state index in [-0.39, 0.29) is 11.8 Å². The fourth-order valence-corrected chi connectivity index (χ4v) is 3.50. The molecular weight excluding hydrogens is 321 g/mol. The number of piperazine rings is 1. The summed E-state index contributed by atoms with van der Waals surface area (Å²) in [4.78, 5) is 27.4. The molecule has 0 spiro atoms. The summed E-state index contributed by atoms with van der Waals surface area (Å²) in [5.41, 5.74) is 0.460. The van der Waals surface area contributed by atoms with E-state index >= 15 is 0 Å². The Balaban J connectivity index is 1.92. The monoisotopic (exact) mass is 335 g/mol. The molecule has 0 unspecified atom stereocenters. The van der Waals surface area contributed by atoms with Gasteiger partial charge >= 0.3 is 0 Å². The number of amides is 2. The van der Waals surface area contributed by atoms with E-state index in [0.29, 0.717) is 47.0 Å². The van der Waals surface area contributed by atoms with E-state index in [1.54, 1.807) is 18.0 Å². The van der Waals surface area contributed by atoms with Crippen LogP contribution in [0.25, 0.3) is 0 Å². The predicted octanol–water partition coefficient (Wildman–Crippen LogP) is 1.56. The van der Waals surface area contributed by atoms with E-state index in [1.165, 1.54) is 11.3 Å². The van der Waals surface area contributed by atoms with E-state index in [0.717, 1.165) is 0 Å². The van der Waals surface area contributed by atoms with Crippen molar-refractivity contribution in [2.24, 2.45) is 0 Å². The summed E-state index contributed by atoms with van der Waals surface area (Å²) in [6.07, 6.45) is 0. The number of carbonyl (C=O) groups excluding carboxylic acids is 2. The Labute approximate surface area is 131 Å². The zero-order valence-corrected chi connectivity index (χ0v) is 13.3. The highest BCUT2D eigenvalue weighted by atomic mass is 35.5. The minimum absolute atomic E-state index is 0.0163. The Morgan fingerprint density at radius 1 is 1.30 bits per heavy atom. The SMILES string of the molecule is CNC(=O)CN1CCN(C(=O)c2cc(Cl)sc2Cl)CC1. The second-order valence-electron chi connectivity index (χ2n) is 4.48. The third kappa shape index (κ3) is 3.63. The van der Waals surface area contributed by atoms with Crippen molar-refractivity contribution in [2.75, 3.05) is 39.8 Å². The van der Waals surface area contributed by atoms with E-state index in [4.69, 9.17) is 23.2 Å². The lowest BCUT2D eigenvalue weighted by Gasteiger charge is -2.34. The van der Waals surface area contributed by atoms with Gasteiger partial charge in [0, 0.05) is 33.2 Å². The summed E-state index contributed by atoms with van der Waals surface area (Å²) >= 11 is 13.0. The summed E-state index contributed by atoms with van der Waals surface area (Å²) in [5.74, 6) is -0.116. The van der Waals surface area contributed by atoms with Crippen LogP contribution in [-0.4, -0.2) is 61.4 Å². The summed E-state index contributed by atoms with van der Waals surface area (Å²) in [5, 5.41) is 2.59. The van der Waals surface area contributed by atoms with Gasteiger partial charge in [-0.05, 0) is 6.07 Å². The number of nitrogens with one attached hydrogen (secondary N) is 1. The maximum absolute atomic E-state index is 12.3. The van der Waals surface area contributed by atoms with Gasteiger partial charge in [-0.1, -0.05) is 23.2 Å². The maximum atomic E-state index is 12.3. The van der Waals surface area contributed by atoms with Crippen LogP contribution in [0, 0.1) is 0 Å². The first-order chi connectivity index (χ1) is 9.51. The molecular formula is C12H15Cl2N3O2S. The molecule has 5 nitrogen and oxygen atoms in total. The lowest BCUT2D eigenvalue weighted by atomic mass is 10.2. The third-order valence-electron chi connectivity index (χ3n) is 3.19. The van der Waals surface area contributed by atoms with E-state index in [2.05, 4.69) is 5.32 Å². The normalized spacial score (nSPS) is 16.2. The molecule has 0 saturated carbocycles. The highest BCUT2D eigenvalue weighted by Crippen LogP contribution is 2.32. The van der Waals surface area contributed by atoms with Crippen LogP contribution < -0.4 is 5.32 Å². The first kappa shape index (κ1) is 15.6. The van der Waals surface area contributed by atoms with Crippen LogP contribution in [0.2, 0.25) is 8.67 Å². The molecule has 2 amide bonds. The lowest BCUT2D eigenvalue weighted by Crippen LogP contribution is -2.50. The van der Waals surface area contributed by atoms with Crippen molar-refractivity contribution < 1.29 is 9.59 Å². The van der Waals surface area contributed by atoms with Crippen molar-refractivity contribution in [3.05, 3.63) is 20.3 Å². The molecule has 110 valence electrons. The average Bonchev–Trinajstić information content (AvgIpc) is 2.77. The predicted molar refractivity (Wildman–Crippen MR) is 80.7 cm³/mol. The topological polar surface area (TPSA) is 52.7 Å². The van der Waals surface area contributed by atoms with Crippen molar-refractivity contribution in [1.82, 2.24) is 15.1 Å². The average molecular weight is 336 g/mol. The zero-order valence-electron chi connectivity index (χ0n) is 11.0. The Morgan fingerprint density at radius 3 is 2.45 bits per heavy atom. The van der Waals surface area contributed by atoms with Gasteiger partial charge in [-0.15, -0.1) is 11.3 Å². The Kier molecular flexibility index (Phi) is 5.26. The van der Waals surface area contributed by atoms with Crippen LogP contribution in [0.15, 0.2) is 6.07 Å². The molecule has 1 saturated heterocycles. The first-order valence-corrected chi connectivity index (χ1v) is 7.75. The third-order valence-corrected chi connectivity index (χ3v) is 4.68. The molecule has 1 aliphatic rings. The van der Waals surface area contributed by atoms with Crippen LogP contribution in [-0.2, 0) is 4.79 Å². The number of likely N-dealkylation sites (N-methyl/N-ethyl adjacent to an activating group) is 1. The van der Waals surface area contributed by atoms with Gasteiger partial charge in [-0.25, -0.2) is 0 Å². The highest BCUT2D eigenvalue weighted by Gasteiger charge is 2.25. The fraction of sp³-hybridized carbons (Fsp3) is 0.500. The molecule has 1 aromatic rings. The standard InChI is InChI=1S/C12H15Cl2N3O2S/c1-15-10(18)7-16-2-4-17(5-3-16)12(19)8-6-9(13)20-11(8)14/h6H,2-5,7H2,1H3,(H,15,18). The second-order valence-corrected chi connectivity index (χ2v) is 6.76. The fourth-order valence-electron chi connectivity index (χ4n) is 2.05. The molecule has 1 N–H and O–H groups in total. The van der Waals surface area contributed by atoms with Gasteiger partial charge in [0.2, 0.25) is 5.91 Å². The molecule has 2 heterocycles. The van der Waals surface area contributed by atoms with Gasteiger partial charge in [0.25, 0.3) is 5.91 Å². The number of halogens is 2. The minimum atomic E-state index is -0.0993. The van der Waals surface area contributed by atoms with Crippen LogP contribution >= 0.6 is 34.5 Å². The molecule has 0 aromatic carbocycles. The summed E-state index contributed by atoms with van der Waals surface area (Å²) in [6, 6.07) is 1.60. The number of carbonyl (C=O) groups is 2. The number of rotatable bonds is 3. The molecule has 0 bridgehead atoms. The summed E-state index contributed by atoms with van der Waals surface area (Å²) in [6.45, 7) is 2.88. The Bertz CT molecular complexity index is 513. The number of thiophene rings is 1. The van der Waals surface area contributed by atoms with Crippen molar-refractivity contribution >= 4 is 46.4 Å². The number of hydrogen-bond donors (Lipinski definition) is 1. The van der Waals surface area contributed by atoms with Crippen molar-refractivity contribution in [3.8, 4) is 0 Å². The highest BCUT2D eigenvalue weighted by molar-refractivity contribution is 7.20. The smallest absolute Gasteiger partial charge is 0.256 e. The number of nitrogens with zero attached hydrogens (tertiary/aromatic N) is 2. The zero-order chi connectivity index (χ0) is 14.7. The number of hydrogen-bond acceptors (Lipinski definition) is 4. The molecule has 0 aliphatic carbocycles. The molecule has 1 fully saturated rings. The molecule has 2 rings (SSSR count). The van der Waals surface area contributed by atoms with Gasteiger partial charge in [0.15, 0.2) is 0 Å². The largest absolute Gasteiger partial charge is 0.358 e. The molecule has 8 heteroatoms. The summed E-state index contributed by atoms with van der Waals surface area (Å²) < 4.78 is 0.935. The minimum Gasteiger partial charge on any atom is -0.358 e. The van der Waals surface area contributed by atoms with Gasteiger partial charge in [0.05, 0.1) is 16.4 Å². The molecule has 0 atom stereocenters. The van der Waals surface area contributed by atoms with Crippen LogP contribution in [0.5, 0.6) is 0 Å². The lowest BCUT2D eigenvalue weighted by molar-refractivity contribution is -0.122. The Hall–Kier alpha value is -0.820. The summed E-state index contributed by atoms with van der Waals surface area (Å²) in [7, 11) is 1.62. The maximum Gasteiger partial charge on any atom is 0.256 e. The van der Waals surface area contributed by atoms with E-state index < -0.39 is 0 Å². The van der Waals surface area contributed by atoms with E-state index in [1.807, 2.05) is 4.90 Å². The molecule has 1 aromatic heterocycles. The quantitative estimate of drug-likeness (QED) is 0.911. The Morgan fingerprint density at radius 2 is 1.95 bits per heavy atom. The van der Waals surface area contributed by atoms with Gasteiger partial charge in [-0.2, -0.15) is 0 Å². The van der Waals surface area contributed by atoms with E-state index in [9.17, 15) is 9.59 Å². The van der Waals surface area contributed by atoms with Crippen LogP contribution in [0.3, 0.4) is 0 Å². The van der Waals surface area contributed by atoms with Gasteiger partial charge in [0.1, 0.15) is 4.34 Å². The van der Waals surface area contributed by atoms with Gasteiger partial charge < -0.3 is 10.2 Å². The van der Waals surface area contributed by atoms with Crippen molar-refractivity contribution in [3.63, 3.8) is 0 Å².